The molecule has 58 heavy (non-hydrogen) atoms. The minimum Gasteiger partial charge on any atom is -0.456 e. The minimum atomic E-state index is -0.0772. The zero-order valence-corrected chi connectivity index (χ0v) is 32.5. The Morgan fingerprint density at radius 3 is 1.91 bits per heavy atom. The summed E-state index contributed by atoms with van der Waals surface area (Å²) in [6.07, 6.45) is 0. The first-order valence-corrected chi connectivity index (χ1v) is 19.8. The third-order valence-corrected chi connectivity index (χ3v) is 11.6. The van der Waals surface area contributed by atoms with Crippen molar-refractivity contribution >= 4 is 33.6 Å². The zero-order valence-electron chi connectivity index (χ0n) is 32.5. The van der Waals surface area contributed by atoms with Crippen LogP contribution >= 0.6 is 0 Å². The zero-order chi connectivity index (χ0) is 39.2. The molecule has 9 aromatic rings. The summed E-state index contributed by atoms with van der Waals surface area (Å²) in [5.41, 5.74) is 23.6. The number of furan rings is 1. The van der Waals surface area contributed by atoms with Gasteiger partial charge in [-0.25, -0.2) is 4.99 Å². The molecule has 0 fully saturated rings. The van der Waals surface area contributed by atoms with Crippen LogP contribution in [0.5, 0.6) is 0 Å². The van der Waals surface area contributed by atoms with Crippen LogP contribution in [0, 0.1) is 0 Å². The highest BCUT2D eigenvalue weighted by molar-refractivity contribution is 6.11. The average molecular weight is 748 g/mol. The molecular weight excluding hydrogens is 707 g/mol. The van der Waals surface area contributed by atoms with Gasteiger partial charge in [-0.15, -0.1) is 0 Å². The van der Waals surface area contributed by atoms with Gasteiger partial charge in [0.25, 0.3) is 0 Å². The van der Waals surface area contributed by atoms with Crippen molar-refractivity contribution in [3.63, 3.8) is 0 Å². The maximum atomic E-state index is 6.66. The Hall–Kier alpha value is -7.30. The van der Waals surface area contributed by atoms with Crippen molar-refractivity contribution < 1.29 is 4.42 Å². The molecule has 1 aromatic heterocycles. The van der Waals surface area contributed by atoms with E-state index >= 15 is 0 Å². The van der Waals surface area contributed by atoms with E-state index in [1.54, 1.807) is 0 Å². The monoisotopic (exact) mass is 747 g/mol. The smallest absolute Gasteiger partial charge is 0.157 e. The van der Waals surface area contributed by atoms with Crippen molar-refractivity contribution in [1.82, 2.24) is 0 Å². The summed E-state index contributed by atoms with van der Waals surface area (Å²) < 4.78 is 6.41. The lowest BCUT2D eigenvalue weighted by Crippen LogP contribution is -2.16. The Bertz CT molecular complexity index is 3030. The number of fused-ring (bicyclic) bond motifs is 6. The van der Waals surface area contributed by atoms with Gasteiger partial charge in [-0.2, -0.15) is 0 Å². The van der Waals surface area contributed by atoms with Gasteiger partial charge in [0.15, 0.2) is 5.84 Å². The molecule has 8 aromatic carbocycles. The summed E-state index contributed by atoms with van der Waals surface area (Å²) in [6.45, 7) is 5.09. The molecule has 0 saturated heterocycles. The molecule has 0 spiro atoms. The number of hydrogen-bond donors (Lipinski definition) is 1. The van der Waals surface area contributed by atoms with Gasteiger partial charge in [-0.3, -0.25) is 4.99 Å². The van der Waals surface area contributed by atoms with Crippen LogP contribution in [-0.4, -0.2) is 11.7 Å². The van der Waals surface area contributed by atoms with Crippen LogP contribution in [-0.2, 0) is 12.0 Å². The fraction of sp³-hybridized carbons (Fsp3) is 0.0741. The highest BCUT2D eigenvalue weighted by Gasteiger charge is 2.37. The number of nitrogens with two attached hydrogens (primary N) is 1. The highest BCUT2D eigenvalue weighted by atomic mass is 16.3. The molecule has 0 unspecified atom stereocenters. The van der Waals surface area contributed by atoms with Gasteiger partial charge in [0.2, 0.25) is 0 Å². The van der Waals surface area contributed by atoms with Gasteiger partial charge >= 0.3 is 0 Å². The number of benzene rings is 8. The predicted molar refractivity (Wildman–Crippen MR) is 241 cm³/mol. The molecule has 0 atom stereocenters. The molecule has 0 aliphatic heterocycles. The third kappa shape index (κ3) is 6.20. The molecule has 0 saturated carbocycles. The Balaban J connectivity index is 0.976. The fourth-order valence-electron chi connectivity index (χ4n) is 8.72. The van der Waals surface area contributed by atoms with Crippen molar-refractivity contribution in [2.45, 2.75) is 25.8 Å². The molecule has 4 heteroatoms. The van der Waals surface area contributed by atoms with Crippen molar-refractivity contribution in [2.75, 3.05) is 0 Å². The first-order chi connectivity index (χ1) is 28.4. The van der Waals surface area contributed by atoms with Crippen LogP contribution in [0.4, 0.5) is 0 Å². The molecule has 4 nitrogen and oxygen atoms in total. The Kier molecular flexibility index (Phi) is 8.68. The second kappa shape index (κ2) is 14.3. The normalized spacial score (nSPS) is 13.5. The van der Waals surface area contributed by atoms with E-state index in [4.69, 9.17) is 20.1 Å². The molecule has 1 aliphatic carbocycles. The molecule has 0 amide bonds. The third-order valence-electron chi connectivity index (χ3n) is 11.6. The summed E-state index contributed by atoms with van der Waals surface area (Å²) >= 11 is 0. The van der Waals surface area contributed by atoms with Gasteiger partial charge in [-0.1, -0.05) is 184 Å². The van der Waals surface area contributed by atoms with Crippen LogP contribution in [0.1, 0.15) is 41.7 Å². The number of rotatable bonds is 7. The average Bonchev–Trinajstić information content (AvgIpc) is 3.77. The first kappa shape index (κ1) is 35.1. The van der Waals surface area contributed by atoms with Crippen LogP contribution in [0.2, 0.25) is 0 Å². The Morgan fingerprint density at radius 2 is 1.12 bits per heavy atom. The van der Waals surface area contributed by atoms with Gasteiger partial charge in [0.05, 0.1) is 6.54 Å². The second-order valence-electron chi connectivity index (χ2n) is 15.5. The lowest BCUT2D eigenvalue weighted by molar-refractivity contribution is 0.662. The fourth-order valence-corrected chi connectivity index (χ4v) is 8.72. The van der Waals surface area contributed by atoms with E-state index in [1.165, 1.54) is 33.4 Å². The van der Waals surface area contributed by atoms with Crippen LogP contribution in [0.3, 0.4) is 0 Å². The van der Waals surface area contributed by atoms with E-state index in [1.807, 2.05) is 72.8 Å². The molecule has 1 heterocycles. The van der Waals surface area contributed by atoms with Crippen molar-refractivity contribution in [1.29, 1.82) is 0 Å². The van der Waals surface area contributed by atoms with E-state index in [-0.39, 0.29) is 5.41 Å². The summed E-state index contributed by atoms with van der Waals surface area (Å²) in [5, 5.41) is 2.12. The van der Waals surface area contributed by atoms with Crippen LogP contribution in [0.25, 0.3) is 66.4 Å². The molecular formula is C54H41N3O. The van der Waals surface area contributed by atoms with Gasteiger partial charge in [-0.05, 0) is 79.4 Å². The number of nitrogens with zero attached hydrogens (tertiary/aromatic N) is 2. The lowest BCUT2D eigenvalue weighted by atomic mass is 9.79. The standard InChI is InChI=1S/C54H41N3O/c1-54(2)47-21-10-9-18-44(47)45-20-12-19-43(51(45)54)38-27-23-37(24-28-38)41-31-32-48-46(33-41)50-42(17-11-22-49(50)58-48)34-56-53(40-15-7-4-8-16-40)57-52(55)39-29-25-36(26-30-39)35-13-5-3-6-14-35/h3-33H,34H2,1-2H3,(H2,55,56,57). The second-order valence-corrected chi connectivity index (χ2v) is 15.5. The summed E-state index contributed by atoms with van der Waals surface area (Å²) in [6, 6.07) is 65.7. The topological polar surface area (TPSA) is 63.9 Å². The predicted octanol–water partition coefficient (Wildman–Crippen LogP) is 13.2. The molecule has 278 valence electrons. The van der Waals surface area contributed by atoms with Crippen LogP contribution in [0.15, 0.2) is 202 Å². The maximum Gasteiger partial charge on any atom is 0.157 e. The van der Waals surface area contributed by atoms with Crippen molar-refractivity contribution in [2.24, 2.45) is 15.7 Å². The number of amidine groups is 2. The summed E-state index contributed by atoms with van der Waals surface area (Å²) in [4.78, 5) is 10.0. The van der Waals surface area contributed by atoms with Gasteiger partial charge < -0.3 is 10.2 Å². The van der Waals surface area contributed by atoms with E-state index in [2.05, 4.69) is 129 Å². The summed E-state index contributed by atoms with van der Waals surface area (Å²) in [7, 11) is 0. The summed E-state index contributed by atoms with van der Waals surface area (Å²) in [5.74, 6) is 0.988. The number of hydrogen-bond acceptors (Lipinski definition) is 2. The SMILES string of the molecule is CC1(C)c2ccccc2-c2cccc(-c3ccc(-c4ccc5oc6cccc(CN=C(N=C(N)c7ccc(-c8ccccc8)cc7)c7ccccc7)c6c5c4)cc3)c21. The van der Waals surface area contributed by atoms with E-state index in [0.717, 1.165) is 60.9 Å². The quantitative estimate of drug-likeness (QED) is 0.130. The number of aliphatic imine (C=N–C) groups is 2. The largest absolute Gasteiger partial charge is 0.456 e. The van der Waals surface area contributed by atoms with E-state index in [0.29, 0.717) is 18.2 Å². The molecule has 1 aliphatic rings. The first-order valence-electron chi connectivity index (χ1n) is 19.8. The van der Waals surface area contributed by atoms with E-state index in [9.17, 15) is 0 Å². The molecule has 10 rings (SSSR count). The minimum absolute atomic E-state index is 0.0772. The van der Waals surface area contributed by atoms with Gasteiger partial charge in [0.1, 0.15) is 17.0 Å². The van der Waals surface area contributed by atoms with Crippen molar-refractivity contribution in [3.8, 4) is 44.5 Å². The molecule has 0 bridgehead atoms. The van der Waals surface area contributed by atoms with Crippen molar-refractivity contribution in [3.05, 3.63) is 216 Å². The van der Waals surface area contributed by atoms with E-state index < -0.39 is 0 Å². The molecule has 0 radical (unpaired) electrons. The Labute approximate surface area is 338 Å². The maximum absolute atomic E-state index is 6.66. The Morgan fingerprint density at radius 1 is 0.517 bits per heavy atom. The van der Waals surface area contributed by atoms with Gasteiger partial charge in [0, 0.05) is 27.3 Å². The molecule has 2 N–H and O–H groups in total. The lowest BCUT2D eigenvalue weighted by Gasteiger charge is -2.24. The highest BCUT2D eigenvalue weighted by Crippen LogP contribution is 2.52. The van der Waals surface area contributed by atoms with Crippen LogP contribution < -0.4 is 5.73 Å².